The first kappa shape index (κ1) is 49.8. The number of carbonyl (C=O) groups excluding carboxylic acids is 7. The number of amides is 7. The van der Waals surface area contributed by atoms with Crippen molar-refractivity contribution in [1.29, 1.82) is 0 Å². The van der Waals surface area contributed by atoms with Gasteiger partial charge < -0.3 is 36.0 Å². The molecule has 0 bridgehead atoms. The summed E-state index contributed by atoms with van der Waals surface area (Å²) in [7, 11) is 2.78. The molecule has 2 saturated heterocycles. The molecule has 7 amide bonds. The van der Waals surface area contributed by atoms with Crippen LogP contribution in [-0.4, -0.2) is 132 Å². The smallest absolute Gasteiger partial charge is 0.354 e. The third-order valence-corrected chi connectivity index (χ3v) is 13.2. The molecule has 1 aromatic rings. The Morgan fingerprint density at radius 2 is 1.65 bits per heavy atom. The lowest BCUT2D eigenvalue weighted by atomic mass is 9.98. The quantitative estimate of drug-likeness (QED) is 0.224. The Bertz CT molecular complexity index is 1900. The monoisotopic (exact) mass is 931 g/mol. The maximum Gasteiger partial charge on any atom is 0.403 e. The Morgan fingerprint density at radius 1 is 0.984 bits per heavy atom. The van der Waals surface area contributed by atoms with Crippen molar-refractivity contribution < 1.29 is 51.1 Å². The van der Waals surface area contributed by atoms with Crippen LogP contribution >= 0.6 is 23.2 Å². The third-order valence-electron chi connectivity index (χ3n) is 12.6. The zero-order valence-corrected chi connectivity index (χ0v) is 37.8. The molecular weight excluding hydrogens is 873 g/mol. The highest BCUT2D eigenvalue weighted by molar-refractivity contribution is 6.33. The summed E-state index contributed by atoms with van der Waals surface area (Å²) < 4.78 is 56.5. The molecule has 2 aliphatic heterocycles. The number of alkyl halides is 4. The zero-order valence-electron chi connectivity index (χ0n) is 36.3. The van der Waals surface area contributed by atoms with Crippen LogP contribution in [0.15, 0.2) is 18.2 Å². The van der Waals surface area contributed by atoms with Gasteiger partial charge in [-0.25, -0.2) is 4.39 Å². The molecule has 0 radical (unpaired) electrons. The molecule has 4 fully saturated rings. The number of hydrogen-bond acceptors (Lipinski definition) is 7. The van der Waals surface area contributed by atoms with Crippen molar-refractivity contribution in [1.82, 2.24) is 36.0 Å². The normalized spacial score (nSPS) is 26.7. The molecule has 350 valence electrons. The fraction of sp³-hybridized carbons (Fsp3) is 0.698. The molecule has 14 nitrogen and oxygen atoms in total. The number of nitrogens with zero attached hydrogens (tertiary/aromatic N) is 3. The van der Waals surface area contributed by atoms with Gasteiger partial charge in [0.25, 0.3) is 0 Å². The molecule has 2 aliphatic carbocycles. The van der Waals surface area contributed by atoms with Gasteiger partial charge in [0.15, 0.2) is 0 Å². The van der Waals surface area contributed by atoms with E-state index in [1.807, 2.05) is 20.8 Å². The van der Waals surface area contributed by atoms with E-state index in [1.165, 1.54) is 19.0 Å². The lowest BCUT2D eigenvalue weighted by Gasteiger charge is -2.35. The lowest BCUT2D eigenvalue weighted by molar-refractivity contribution is -0.199. The van der Waals surface area contributed by atoms with E-state index in [4.69, 9.17) is 23.2 Å². The van der Waals surface area contributed by atoms with Crippen LogP contribution in [0.5, 0.6) is 0 Å². The van der Waals surface area contributed by atoms with E-state index < -0.39 is 127 Å². The van der Waals surface area contributed by atoms with Gasteiger partial charge in [0.05, 0.1) is 6.54 Å². The van der Waals surface area contributed by atoms with Crippen LogP contribution in [0.1, 0.15) is 97.0 Å². The first-order valence-corrected chi connectivity index (χ1v) is 22.5. The number of nitrogens with one attached hydrogen (secondary N) is 4. The Kier molecular flexibility index (Phi) is 16.4. The van der Waals surface area contributed by atoms with Gasteiger partial charge in [-0.3, -0.25) is 33.6 Å². The Labute approximate surface area is 375 Å². The second-order valence-corrected chi connectivity index (χ2v) is 18.8. The SMILES string of the molecule is CCC[C@H]1NC(=O)[C@H](Cc2cc(Cl)ccc2Cl)N(C)C(=O)[C@H](CC(C)C)NC(=O)[C@@H](N(C)C(=O)[C@@H](NC(=O)[C@@H]2C[C@@H](F)CN2C(=O)C2(C(F)(F)F)CC2)C2CC2)CCCCNC1=O. The molecule has 2 heterocycles. The average Bonchev–Trinajstić information content (AvgIpc) is 4.16. The molecule has 1 aromatic carbocycles. The van der Waals surface area contributed by atoms with Crippen LogP contribution in [0, 0.1) is 17.3 Å². The van der Waals surface area contributed by atoms with E-state index in [-0.39, 0.29) is 31.7 Å². The highest BCUT2D eigenvalue weighted by atomic mass is 35.5. The highest BCUT2D eigenvalue weighted by Crippen LogP contribution is 2.59. The first-order chi connectivity index (χ1) is 29.6. The van der Waals surface area contributed by atoms with Crippen LogP contribution in [0.2, 0.25) is 10.0 Å². The second kappa shape index (κ2) is 20.8. The van der Waals surface area contributed by atoms with Gasteiger partial charge >= 0.3 is 6.18 Å². The minimum absolute atomic E-state index is 0.0622. The number of likely N-dealkylation sites (tertiary alicyclic amines) is 1. The Balaban J connectivity index is 1.42. The van der Waals surface area contributed by atoms with Gasteiger partial charge in [-0.1, -0.05) is 50.4 Å². The highest BCUT2D eigenvalue weighted by Gasteiger charge is 2.70. The van der Waals surface area contributed by atoms with Gasteiger partial charge in [0, 0.05) is 43.5 Å². The molecule has 4 N–H and O–H groups in total. The van der Waals surface area contributed by atoms with Crippen molar-refractivity contribution in [3.8, 4) is 0 Å². The van der Waals surface area contributed by atoms with Crippen molar-refractivity contribution in [2.45, 2.75) is 146 Å². The first-order valence-electron chi connectivity index (χ1n) is 21.8. The van der Waals surface area contributed by atoms with Crippen LogP contribution in [0.25, 0.3) is 0 Å². The van der Waals surface area contributed by atoms with E-state index >= 15 is 0 Å². The van der Waals surface area contributed by atoms with E-state index in [0.717, 1.165) is 4.90 Å². The van der Waals surface area contributed by atoms with Gasteiger partial charge in [0.1, 0.15) is 47.8 Å². The molecule has 0 unspecified atom stereocenters. The number of hydrogen-bond donors (Lipinski definition) is 4. The zero-order chi connectivity index (χ0) is 46.6. The van der Waals surface area contributed by atoms with Crippen LogP contribution in [-0.2, 0) is 40.0 Å². The number of rotatable bonds is 12. The maximum atomic E-state index is 14.8. The van der Waals surface area contributed by atoms with Crippen molar-refractivity contribution in [3.05, 3.63) is 33.8 Å². The molecule has 63 heavy (non-hydrogen) atoms. The number of carbonyl (C=O) groups is 7. The fourth-order valence-corrected chi connectivity index (χ4v) is 8.90. The average molecular weight is 933 g/mol. The third kappa shape index (κ3) is 11.9. The predicted octanol–water partition coefficient (Wildman–Crippen LogP) is 4.48. The summed E-state index contributed by atoms with van der Waals surface area (Å²) in [4.78, 5) is 101. The van der Waals surface area contributed by atoms with E-state index in [2.05, 4.69) is 21.3 Å². The largest absolute Gasteiger partial charge is 0.403 e. The van der Waals surface area contributed by atoms with E-state index in [9.17, 15) is 51.1 Å². The van der Waals surface area contributed by atoms with Crippen molar-refractivity contribution >= 4 is 64.6 Å². The summed E-state index contributed by atoms with van der Waals surface area (Å²) in [5, 5.41) is 11.7. The second-order valence-electron chi connectivity index (χ2n) is 17.9. The Morgan fingerprint density at radius 3 is 2.25 bits per heavy atom. The molecular formula is C43H59Cl2F4N7O7. The molecule has 7 atom stereocenters. The lowest BCUT2D eigenvalue weighted by Crippen LogP contribution is -2.61. The van der Waals surface area contributed by atoms with E-state index in [1.54, 1.807) is 18.2 Å². The van der Waals surface area contributed by atoms with E-state index in [0.29, 0.717) is 59.0 Å². The summed E-state index contributed by atoms with van der Waals surface area (Å²) in [5.74, 6) is -5.98. The predicted molar refractivity (Wildman–Crippen MR) is 226 cm³/mol. The van der Waals surface area contributed by atoms with Crippen molar-refractivity contribution in [2.24, 2.45) is 17.3 Å². The summed E-state index contributed by atoms with van der Waals surface area (Å²) in [6, 6.07) is -2.68. The topological polar surface area (TPSA) is 177 Å². The minimum Gasteiger partial charge on any atom is -0.354 e. The minimum atomic E-state index is -4.88. The standard InChI is InChI=1S/C43H59Cl2F4N7O7/c1-6-9-29-35(57)50-17-8-7-10-31(36(58)52-30(18-23(2)3)39(61)55(5)32(37(59)51-29)20-25-19-26(44)13-14-28(25)45)54(4)40(62)34(24-11-12-24)53-38(60)33-21-27(46)22-56(33)41(63)42(15-16-42)43(47,48)49/h13-14,19,23-24,27,29-34H,6-12,15-18,20-22H2,1-5H3,(H,50,57)(H,51,59)(H,52,58)(H,53,60)/t27-,29-,30+,31+,32+,33+,34+/m1/s1. The van der Waals surface area contributed by atoms with Gasteiger partial charge in [0.2, 0.25) is 41.4 Å². The summed E-state index contributed by atoms with van der Waals surface area (Å²) >= 11 is 12.8. The number of halogens is 6. The Hall–Kier alpha value is -4.19. The van der Waals surface area contributed by atoms with Crippen molar-refractivity contribution in [3.63, 3.8) is 0 Å². The molecule has 0 aromatic heterocycles. The molecule has 4 aliphatic rings. The molecule has 5 rings (SSSR count). The molecule has 0 spiro atoms. The maximum absolute atomic E-state index is 14.8. The fourth-order valence-electron chi connectivity index (χ4n) is 8.51. The van der Waals surface area contributed by atoms with Gasteiger partial charge in [-0.15, -0.1) is 0 Å². The van der Waals surface area contributed by atoms with Gasteiger partial charge in [-0.2, -0.15) is 13.2 Å². The summed E-state index contributed by atoms with van der Waals surface area (Å²) in [5.41, 5.74) is -2.21. The van der Waals surface area contributed by atoms with Crippen molar-refractivity contribution in [2.75, 3.05) is 27.2 Å². The van der Waals surface area contributed by atoms with Crippen LogP contribution < -0.4 is 21.3 Å². The van der Waals surface area contributed by atoms with Crippen LogP contribution in [0.4, 0.5) is 17.6 Å². The number of likely N-dealkylation sites (N-methyl/N-ethyl adjacent to an activating group) is 2. The number of benzene rings is 1. The summed E-state index contributed by atoms with van der Waals surface area (Å²) in [6.45, 7) is 5.02. The molecule has 2 saturated carbocycles. The van der Waals surface area contributed by atoms with Crippen LogP contribution in [0.3, 0.4) is 0 Å². The molecule has 20 heteroatoms. The summed E-state index contributed by atoms with van der Waals surface area (Å²) in [6.07, 6.45) is -5.47. The van der Waals surface area contributed by atoms with Gasteiger partial charge in [-0.05, 0) is 93.4 Å².